The number of carbonyl (C=O) groups is 2. The van der Waals surface area contributed by atoms with Crippen LogP contribution in [-0.2, 0) is 17.5 Å². The van der Waals surface area contributed by atoms with Crippen LogP contribution in [0.15, 0.2) is 35.3 Å². The van der Waals surface area contributed by atoms with Crippen molar-refractivity contribution in [3.05, 3.63) is 51.9 Å². The van der Waals surface area contributed by atoms with Crippen molar-refractivity contribution >= 4 is 12.2 Å². The maximum absolute atomic E-state index is 13.0. The Balaban J connectivity index is 2.77. The van der Waals surface area contributed by atoms with Crippen LogP contribution in [-0.4, -0.2) is 23.9 Å². The minimum atomic E-state index is -4.61. The van der Waals surface area contributed by atoms with E-state index in [4.69, 9.17) is 10.5 Å². The molecule has 1 aromatic heterocycles. The molecule has 0 saturated carbocycles. The minimum absolute atomic E-state index is 0.0128. The minimum Gasteiger partial charge on any atom is -0.496 e. The molecule has 1 heterocycles. The molecule has 0 fully saturated rings. The second kappa shape index (κ2) is 6.80. The lowest BCUT2D eigenvalue weighted by atomic mass is 9.99. The molecule has 0 aliphatic heterocycles. The van der Waals surface area contributed by atoms with Gasteiger partial charge in [-0.15, -0.1) is 0 Å². The molecule has 9 heteroatoms. The topological polar surface area (TPSA) is 91.4 Å². The fourth-order valence-corrected chi connectivity index (χ4v) is 2.30. The molecule has 2 N–H and O–H groups in total. The number of amides is 1. The van der Waals surface area contributed by atoms with E-state index in [0.717, 1.165) is 35.0 Å². The molecular formula is C16H13F3N2O4. The predicted octanol–water partition coefficient (Wildman–Crippen LogP) is 1.84. The van der Waals surface area contributed by atoms with Crippen molar-refractivity contribution in [3.63, 3.8) is 0 Å². The van der Waals surface area contributed by atoms with E-state index in [9.17, 15) is 27.6 Å². The van der Waals surface area contributed by atoms with Crippen LogP contribution in [0.25, 0.3) is 11.1 Å². The highest BCUT2D eigenvalue weighted by Crippen LogP contribution is 2.37. The maximum Gasteiger partial charge on any atom is 0.416 e. The van der Waals surface area contributed by atoms with Crippen molar-refractivity contribution in [3.8, 4) is 16.9 Å². The largest absolute Gasteiger partial charge is 0.496 e. The Hall–Kier alpha value is -3.10. The van der Waals surface area contributed by atoms with Gasteiger partial charge >= 0.3 is 6.18 Å². The Labute approximate surface area is 139 Å². The third-order valence-corrected chi connectivity index (χ3v) is 3.43. The monoisotopic (exact) mass is 354 g/mol. The van der Waals surface area contributed by atoms with Gasteiger partial charge in [0.25, 0.3) is 5.56 Å². The molecule has 6 nitrogen and oxygen atoms in total. The van der Waals surface area contributed by atoms with Crippen LogP contribution >= 0.6 is 0 Å². The van der Waals surface area contributed by atoms with E-state index >= 15 is 0 Å². The molecule has 0 unspecified atom stereocenters. The summed E-state index contributed by atoms with van der Waals surface area (Å²) in [4.78, 5) is 34.2. The maximum atomic E-state index is 13.0. The zero-order valence-electron chi connectivity index (χ0n) is 13.0. The molecular weight excluding hydrogens is 341 g/mol. The number of aldehydes is 1. The van der Waals surface area contributed by atoms with Gasteiger partial charge in [0.2, 0.25) is 5.91 Å². The highest BCUT2D eigenvalue weighted by Gasteiger charge is 2.31. The molecule has 25 heavy (non-hydrogen) atoms. The normalized spacial score (nSPS) is 11.2. The van der Waals surface area contributed by atoms with E-state index in [1.807, 2.05) is 0 Å². The smallest absolute Gasteiger partial charge is 0.416 e. The average Bonchev–Trinajstić information content (AvgIpc) is 2.54. The summed E-state index contributed by atoms with van der Waals surface area (Å²) < 4.78 is 44.9. The van der Waals surface area contributed by atoms with Gasteiger partial charge in [-0.2, -0.15) is 13.2 Å². The summed E-state index contributed by atoms with van der Waals surface area (Å²) in [7, 11) is 1.26. The van der Waals surface area contributed by atoms with Gasteiger partial charge in [0.05, 0.1) is 12.7 Å². The van der Waals surface area contributed by atoms with Gasteiger partial charge in [-0.3, -0.25) is 14.4 Å². The molecule has 0 radical (unpaired) electrons. The SMILES string of the molecule is COc1ccc(C(F)(F)F)cc1-c1cn(CC(N)=O)c(=O)cc1C=O. The Morgan fingerprint density at radius 2 is 1.96 bits per heavy atom. The van der Waals surface area contributed by atoms with Crippen molar-refractivity contribution in [1.82, 2.24) is 4.57 Å². The summed E-state index contributed by atoms with van der Waals surface area (Å²) in [5, 5.41) is 0. The molecule has 0 bridgehead atoms. The second-order valence-corrected chi connectivity index (χ2v) is 5.11. The van der Waals surface area contributed by atoms with E-state index in [0.29, 0.717) is 6.29 Å². The van der Waals surface area contributed by atoms with Gasteiger partial charge in [-0.1, -0.05) is 0 Å². The molecule has 0 saturated heterocycles. The number of rotatable bonds is 5. The van der Waals surface area contributed by atoms with Crippen LogP contribution in [0.4, 0.5) is 13.2 Å². The van der Waals surface area contributed by atoms with Crippen LogP contribution in [0.1, 0.15) is 15.9 Å². The first-order valence-corrected chi connectivity index (χ1v) is 6.91. The van der Waals surface area contributed by atoms with Crippen LogP contribution < -0.4 is 16.0 Å². The first kappa shape index (κ1) is 18.2. The standard InChI is InChI=1S/C16H13F3N2O4/c1-25-13-3-2-10(16(17,18)19)5-11(13)12-6-21(7-14(20)23)15(24)4-9(12)8-22/h2-6,8H,7H2,1H3,(H2,20,23). The summed E-state index contributed by atoms with van der Waals surface area (Å²) in [6.45, 7) is -0.480. The number of hydrogen-bond acceptors (Lipinski definition) is 4. The highest BCUT2D eigenvalue weighted by atomic mass is 19.4. The Morgan fingerprint density at radius 3 is 2.48 bits per heavy atom. The number of carbonyl (C=O) groups excluding carboxylic acids is 2. The van der Waals surface area contributed by atoms with Gasteiger partial charge in [0.1, 0.15) is 12.3 Å². The molecule has 1 amide bonds. The Kier molecular flexibility index (Phi) is 4.96. The number of ether oxygens (including phenoxy) is 1. The summed E-state index contributed by atoms with van der Waals surface area (Å²) in [6.07, 6.45) is -3.16. The quantitative estimate of drug-likeness (QED) is 0.830. The number of methoxy groups -OCH3 is 1. The fourth-order valence-electron chi connectivity index (χ4n) is 2.30. The number of nitrogens with zero attached hydrogens (tertiary/aromatic N) is 1. The number of nitrogens with two attached hydrogens (primary N) is 1. The molecule has 0 aliphatic carbocycles. The number of benzene rings is 1. The number of aromatic nitrogens is 1. The average molecular weight is 354 g/mol. The Bertz CT molecular complexity index is 888. The molecule has 0 atom stereocenters. The lowest BCUT2D eigenvalue weighted by molar-refractivity contribution is -0.137. The molecule has 132 valence electrons. The molecule has 0 aliphatic rings. The second-order valence-electron chi connectivity index (χ2n) is 5.11. The Morgan fingerprint density at radius 1 is 1.28 bits per heavy atom. The number of halogens is 3. The lowest BCUT2D eigenvalue weighted by Gasteiger charge is -2.15. The third kappa shape index (κ3) is 3.87. The number of pyridine rings is 1. The van der Waals surface area contributed by atoms with Crippen molar-refractivity contribution in [2.75, 3.05) is 7.11 Å². The van der Waals surface area contributed by atoms with E-state index in [1.165, 1.54) is 7.11 Å². The first-order valence-electron chi connectivity index (χ1n) is 6.91. The number of hydrogen-bond donors (Lipinski definition) is 1. The van der Waals surface area contributed by atoms with Crippen LogP contribution in [0.2, 0.25) is 0 Å². The summed E-state index contributed by atoms with van der Waals surface area (Å²) in [6, 6.07) is 3.67. The molecule has 2 rings (SSSR count). The molecule has 0 spiro atoms. The predicted molar refractivity (Wildman–Crippen MR) is 82.3 cm³/mol. The summed E-state index contributed by atoms with van der Waals surface area (Å²) in [5.41, 5.74) is 3.25. The summed E-state index contributed by atoms with van der Waals surface area (Å²) in [5.74, 6) is -0.747. The van der Waals surface area contributed by atoms with Gasteiger partial charge in [-0.05, 0) is 18.2 Å². The fraction of sp³-hybridized carbons (Fsp3) is 0.188. The van der Waals surface area contributed by atoms with Crippen LogP contribution in [0.3, 0.4) is 0 Å². The number of alkyl halides is 3. The van der Waals surface area contributed by atoms with Crippen molar-refractivity contribution in [1.29, 1.82) is 0 Å². The lowest BCUT2D eigenvalue weighted by Crippen LogP contribution is -2.28. The highest BCUT2D eigenvalue weighted by molar-refractivity contribution is 5.89. The zero-order chi connectivity index (χ0) is 18.8. The zero-order valence-corrected chi connectivity index (χ0v) is 13.0. The van der Waals surface area contributed by atoms with Gasteiger partial charge in [0, 0.05) is 29.0 Å². The van der Waals surface area contributed by atoms with Crippen molar-refractivity contribution in [2.45, 2.75) is 12.7 Å². The van der Waals surface area contributed by atoms with Crippen LogP contribution in [0.5, 0.6) is 5.75 Å². The molecule has 2 aromatic rings. The van der Waals surface area contributed by atoms with E-state index in [-0.39, 0.29) is 22.4 Å². The first-order chi connectivity index (χ1) is 11.7. The molecule has 1 aromatic carbocycles. The van der Waals surface area contributed by atoms with E-state index in [1.54, 1.807) is 0 Å². The van der Waals surface area contributed by atoms with Gasteiger partial charge in [-0.25, -0.2) is 0 Å². The van der Waals surface area contributed by atoms with Crippen molar-refractivity contribution < 1.29 is 27.5 Å². The number of primary amides is 1. The third-order valence-electron chi connectivity index (χ3n) is 3.43. The summed E-state index contributed by atoms with van der Waals surface area (Å²) >= 11 is 0. The van der Waals surface area contributed by atoms with Crippen molar-refractivity contribution in [2.24, 2.45) is 5.73 Å². The van der Waals surface area contributed by atoms with E-state index < -0.39 is 29.8 Å². The van der Waals surface area contributed by atoms with Gasteiger partial charge in [0.15, 0.2) is 6.29 Å². The van der Waals surface area contributed by atoms with E-state index in [2.05, 4.69) is 0 Å². The van der Waals surface area contributed by atoms with Gasteiger partial charge < -0.3 is 15.0 Å². The van der Waals surface area contributed by atoms with Crippen LogP contribution in [0, 0.1) is 0 Å².